The van der Waals surface area contributed by atoms with Crippen LogP contribution >= 0.6 is 24.0 Å². The van der Waals surface area contributed by atoms with Crippen molar-refractivity contribution in [3.8, 4) is 17.2 Å². The number of nitrogens with one attached hydrogen (secondary N) is 2. The Morgan fingerprint density at radius 2 is 1.65 bits per heavy atom. The third-order valence-electron chi connectivity index (χ3n) is 4.87. The quantitative estimate of drug-likeness (QED) is 0.250. The summed E-state index contributed by atoms with van der Waals surface area (Å²) in [5.74, 6) is 2.80. The van der Waals surface area contributed by atoms with Crippen LogP contribution in [0.5, 0.6) is 17.2 Å². The Morgan fingerprint density at radius 1 is 0.935 bits per heavy atom. The Labute approximate surface area is 203 Å². The van der Waals surface area contributed by atoms with Crippen molar-refractivity contribution in [1.82, 2.24) is 10.6 Å². The lowest BCUT2D eigenvalue weighted by atomic mass is 10.1. The van der Waals surface area contributed by atoms with E-state index in [9.17, 15) is 0 Å². The lowest BCUT2D eigenvalue weighted by Gasteiger charge is -2.18. The Hall–Kier alpha value is -2.16. The number of aliphatic imine (C=N–C) groups is 1. The average molecular weight is 541 g/mol. The van der Waals surface area contributed by atoms with Gasteiger partial charge in [-0.25, -0.2) is 0 Å². The second-order valence-corrected chi connectivity index (χ2v) is 7.07. The molecule has 172 valence electrons. The molecule has 0 radical (unpaired) electrons. The molecule has 31 heavy (non-hydrogen) atoms. The molecule has 2 N–H and O–H groups in total. The molecule has 0 saturated heterocycles. The van der Waals surface area contributed by atoms with Crippen LogP contribution in [0.1, 0.15) is 31.4 Å². The molecule has 0 aliphatic heterocycles. The van der Waals surface area contributed by atoms with E-state index < -0.39 is 0 Å². The van der Waals surface area contributed by atoms with E-state index in [1.165, 1.54) is 5.56 Å². The number of halogens is 1. The van der Waals surface area contributed by atoms with Crippen molar-refractivity contribution < 1.29 is 14.2 Å². The van der Waals surface area contributed by atoms with Crippen LogP contribution in [0.3, 0.4) is 0 Å². The number of ether oxygens (including phenoxy) is 3. The van der Waals surface area contributed by atoms with Gasteiger partial charge < -0.3 is 24.8 Å². The van der Waals surface area contributed by atoms with E-state index in [2.05, 4.69) is 54.8 Å². The summed E-state index contributed by atoms with van der Waals surface area (Å²) in [4.78, 5) is 4.74. The zero-order chi connectivity index (χ0) is 21.8. The van der Waals surface area contributed by atoms with E-state index in [-0.39, 0.29) is 24.0 Å². The number of rotatable bonds is 11. The summed E-state index contributed by atoms with van der Waals surface area (Å²) in [5, 5.41) is 6.84. The number of hydrogen-bond acceptors (Lipinski definition) is 4. The molecular formula is C24H36IN3O3. The van der Waals surface area contributed by atoms with E-state index in [0.29, 0.717) is 29.8 Å². The average Bonchev–Trinajstić information content (AvgIpc) is 2.77. The summed E-state index contributed by atoms with van der Waals surface area (Å²) in [7, 11) is 4.88. The zero-order valence-corrected chi connectivity index (χ0v) is 21.6. The van der Waals surface area contributed by atoms with Crippen molar-refractivity contribution in [2.75, 3.05) is 34.4 Å². The fourth-order valence-electron chi connectivity index (χ4n) is 3.30. The van der Waals surface area contributed by atoms with Gasteiger partial charge in [-0.3, -0.25) is 4.99 Å². The first kappa shape index (κ1) is 26.9. The molecule has 0 bridgehead atoms. The number of methoxy groups -OCH3 is 3. The Morgan fingerprint density at radius 3 is 2.26 bits per heavy atom. The van der Waals surface area contributed by atoms with Gasteiger partial charge in [0.2, 0.25) is 5.75 Å². The molecule has 1 unspecified atom stereocenters. The van der Waals surface area contributed by atoms with Gasteiger partial charge >= 0.3 is 0 Å². The monoisotopic (exact) mass is 541 g/mol. The number of hydrogen-bond donors (Lipinski definition) is 2. The highest BCUT2D eigenvalue weighted by molar-refractivity contribution is 14.0. The van der Waals surface area contributed by atoms with Gasteiger partial charge in [0.05, 0.1) is 21.3 Å². The molecule has 2 aromatic rings. The fraction of sp³-hybridized carbons (Fsp3) is 0.458. The van der Waals surface area contributed by atoms with Crippen LogP contribution in [0.4, 0.5) is 0 Å². The van der Waals surface area contributed by atoms with Gasteiger partial charge in [0.15, 0.2) is 17.5 Å². The smallest absolute Gasteiger partial charge is 0.203 e. The van der Waals surface area contributed by atoms with Gasteiger partial charge in [-0.05, 0) is 44.7 Å². The molecule has 0 aromatic heterocycles. The van der Waals surface area contributed by atoms with Crippen LogP contribution in [0, 0.1) is 0 Å². The van der Waals surface area contributed by atoms with Crippen molar-refractivity contribution in [3.05, 3.63) is 53.6 Å². The second-order valence-electron chi connectivity index (χ2n) is 7.07. The minimum Gasteiger partial charge on any atom is -0.493 e. The molecule has 0 fully saturated rings. The van der Waals surface area contributed by atoms with Crippen molar-refractivity contribution in [1.29, 1.82) is 0 Å². The Bertz CT molecular complexity index is 800. The molecule has 1 atom stereocenters. The normalized spacial score (nSPS) is 11.8. The standard InChI is InChI=1S/C24H35N3O3.HI/c1-6-25-24(27-18(2)12-13-19-10-8-7-9-11-19)26-17-16-20-14-15-21(28-3)23(30-5)22(20)29-4;/h7-11,14-15,18H,6,12-13,16-17H2,1-5H3,(H2,25,26,27);1H. The summed E-state index contributed by atoms with van der Waals surface area (Å²) in [6.45, 7) is 5.71. The van der Waals surface area contributed by atoms with Crippen LogP contribution in [-0.2, 0) is 12.8 Å². The summed E-state index contributed by atoms with van der Waals surface area (Å²) in [5.41, 5.74) is 2.39. The van der Waals surface area contributed by atoms with E-state index in [1.807, 2.05) is 12.1 Å². The van der Waals surface area contributed by atoms with Gasteiger partial charge in [0.1, 0.15) is 0 Å². The van der Waals surface area contributed by atoms with Crippen molar-refractivity contribution in [3.63, 3.8) is 0 Å². The maximum absolute atomic E-state index is 5.57. The Balaban J connectivity index is 0.00000480. The predicted octanol–water partition coefficient (Wildman–Crippen LogP) is 4.45. The van der Waals surface area contributed by atoms with Gasteiger partial charge in [-0.2, -0.15) is 0 Å². The Kier molecular flexibility index (Phi) is 12.8. The maximum Gasteiger partial charge on any atom is 0.203 e. The van der Waals surface area contributed by atoms with E-state index in [4.69, 9.17) is 19.2 Å². The minimum absolute atomic E-state index is 0. The van der Waals surface area contributed by atoms with Crippen molar-refractivity contribution >= 4 is 29.9 Å². The van der Waals surface area contributed by atoms with Gasteiger partial charge in [0, 0.05) is 24.7 Å². The molecule has 0 spiro atoms. The topological polar surface area (TPSA) is 64.1 Å². The summed E-state index contributed by atoms with van der Waals surface area (Å²) < 4.78 is 16.4. The maximum atomic E-state index is 5.57. The lowest BCUT2D eigenvalue weighted by Crippen LogP contribution is -2.42. The number of nitrogens with zero attached hydrogens (tertiary/aromatic N) is 1. The van der Waals surface area contributed by atoms with Crippen molar-refractivity contribution in [2.45, 2.75) is 39.2 Å². The second kappa shape index (κ2) is 14.8. The highest BCUT2D eigenvalue weighted by atomic mass is 127. The number of aryl methyl sites for hydroxylation is 1. The first-order valence-corrected chi connectivity index (χ1v) is 10.5. The van der Waals surface area contributed by atoms with Gasteiger partial charge in [-0.1, -0.05) is 36.4 Å². The molecule has 0 heterocycles. The highest BCUT2D eigenvalue weighted by Gasteiger charge is 2.15. The SMILES string of the molecule is CCNC(=NCCc1ccc(OC)c(OC)c1OC)NC(C)CCc1ccccc1.I. The number of guanidine groups is 1. The molecule has 7 heteroatoms. The van der Waals surface area contributed by atoms with Crippen LogP contribution in [0.2, 0.25) is 0 Å². The van der Waals surface area contributed by atoms with E-state index >= 15 is 0 Å². The van der Waals surface area contributed by atoms with Crippen LogP contribution in [-0.4, -0.2) is 46.4 Å². The lowest BCUT2D eigenvalue weighted by molar-refractivity contribution is 0.322. The van der Waals surface area contributed by atoms with Gasteiger partial charge in [-0.15, -0.1) is 24.0 Å². The predicted molar refractivity (Wildman–Crippen MR) is 139 cm³/mol. The van der Waals surface area contributed by atoms with Crippen LogP contribution in [0.15, 0.2) is 47.5 Å². The summed E-state index contributed by atoms with van der Waals surface area (Å²) in [6, 6.07) is 14.8. The fourth-order valence-corrected chi connectivity index (χ4v) is 3.30. The molecule has 6 nitrogen and oxygen atoms in total. The molecule has 0 aliphatic rings. The van der Waals surface area contributed by atoms with Crippen LogP contribution in [0.25, 0.3) is 0 Å². The summed E-state index contributed by atoms with van der Waals surface area (Å²) in [6.07, 6.45) is 2.81. The highest BCUT2D eigenvalue weighted by Crippen LogP contribution is 2.39. The number of benzene rings is 2. The third-order valence-corrected chi connectivity index (χ3v) is 4.87. The first-order valence-electron chi connectivity index (χ1n) is 10.5. The molecule has 0 amide bonds. The van der Waals surface area contributed by atoms with Crippen LogP contribution < -0.4 is 24.8 Å². The molecule has 2 aromatic carbocycles. The zero-order valence-electron chi connectivity index (χ0n) is 19.2. The molecular weight excluding hydrogens is 505 g/mol. The summed E-state index contributed by atoms with van der Waals surface area (Å²) >= 11 is 0. The third kappa shape index (κ3) is 8.47. The molecule has 0 aliphatic carbocycles. The van der Waals surface area contributed by atoms with Crippen molar-refractivity contribution in [2.24, 2.45) is 4.99 Å². The minimum atomic E-state index is 0. The molecule has 2 rings (SSSR count). The largest absolute Gasteiger partial charge is 0.493 e. The van der Waals surface area contributed by atoms with E-state index in [1.54, 1.807) is 21.3 Å². The van der Waals surface area contributed by atoms with Gasteiger partial charge in [0.25, 0.3) is 0 Å². The van der Waals surface area contributed by atoms with E-state index in [0.717, 1.165) is 37.3 Å². The first-order chi connectivity index (χ1) is 14.6. The molecule has 0 saturated carbocycles.